The van der Waals surface area contributed by atoms with Gasteiger partial charge in [0.2, 0.25) is 0 Å². The Labute approximate surface area is 175 Å². The van der Waals surface area contributed by atoms with Crippen molar-refractivity contribution >= 4 is 44.3 Å². The number of nitrogens with zero attached hydrogens (tertiary/aromatic N) is 3. The number of thioether (sulfide) groups is 1. The van der Waals surface area contributed by atoms with Crippen LogP contribution in [0.25, 0.3) is 4.91 Å². The monoisotopic (exact) mass is 435 g/mol. The summed E-state index contributed by atoms with van der Waals surface area (Å²) in [5.41, 5.74) is 3.35. The first-order valence-electron chi connectivity index (χ1n) is 9.55. The average Bonchev–Trinajstić information content (AvgIpc) is 3.06. The van der Waals surface area contributed by atoms with Crippen molar-refractivity contribution in [1.29, 1.82) is 0 Å². The number of sulfone groups is 1. The number of carbonyl (C=O) groups is 1. The molecule has 7 nitrogen and oxygen atoms in total. The van der Waals surface area contributed by atoms with E-state index in [0.717, 1.165) is 28.2 Å². The summed E-state index contributed by atoms with van der Waals surface area (Å²) < 4.78 is 25.2. The van der Waals surface area contributed by atoms with Crippen molar-refractivity contribution < 1.29 is 18.0 Å². The third-order valence-corrected chi connectivity index (χ3v) is 7.98. The van der Waals surface area contributed by atoms with Gasteiger partial charge >= 0.3 is 0 Å². The molecule has 0 N–H and O–H groups in total. The van der Waals surface area contributed by atoms with Crippen molar-refractivity contribution in [3.05, 3.63) is 34.4 Å². The molecule has 1 amide bonds. The summed E-state index contributed by atoms with van der Waals surface area (Å²) in [6.07, 6.45) is 2.84. The molecular formula is C20H25N3O4S2. The van der Waals surface area contributed by atoms with Crippen LogP contribution < -0.4 is 0 Å². The Morgan fingerprint density at radius 3 is 2.72 bits per heavy atom. The minimum Gasteiger partial charge on any atom is -0.399 e. The van der Waals surface area contributed by atoms with Crippen molar-refractivity contribution in [2.24, 2.45) is 10.3 Å². The second-order valence-electron chi connectivity index (χ2n) is 6.76. The minimum atomic E-state index is -3.38. The molecule has 0 saturated carbocycles. The maximum Gasteiger partial charge on any atom is 0.276 e. The van der Waals surface area contributed by atoms with Gasteiger partial charge in [-0.3, -0.25) is 4.79 Å². The summed E-state index contributed by atoms with van der Waals surface area (Å²) >= 11 is 1.59. The van der Waals surface area contributed by atoms with Crippen LogP contribution >= 0.6 is 11.8 Å². The van der Waals surface area contributed by atoms with Crippen molar-refractivity contribution in [1.82, 2.24) is 5.01 Å². The van der Waals surface area contributed by atoms with E-state index in [4.69, 9.17) is 4.84 Å². The number of oxime groups is 1. The summed E-state index contributed by atoms with van der Waals surface area (Å²) in [6, 6.07) is 3.42. The lowest BCUT2D eigenvalue weighted by atomic mass is 9.95. The van der Waals surface area contributed by atoms with Crippen LogP contribution in [0, 0.1) is 6.92 Å². The van der Waals surface area contributed by atoms with E-state index in [2.05, 4.69) is 17.2 Å². The molecule has 0 unspecified atom stereocenters. The molecule has 1 aromatic carbocycles. The number of amides is 1. The second kappa shape index (κ2) is 8.71. The molecule has 0 saturated heterocycles. The molecule has 2 aliphatic heterocycles. The second-order valence-corrected chi connectivity index (χ2v) is 9.94. The zero-order chi connectivity index (χ0) is 21.2. The number of carbonyl (C=O) groups excluding carboxylic acids is 1. The molecule has 0 spiro atoms. The lowest BCUT2D eigenvalue weighted by Gasteiger charge is -2.23. The van der Waals surface area contributed by atoms with Crippen LogP contribution in [0.3, 0.4) is 0 Å². The SMILES string of the molecule is CCCS/C(=C1\C=NN(CC)C1=O)c1ccc2c(c1C)/C(=N/OC)CCS2(=O)=O. The van der Waals surface area contributed by atoms with Gasteiger partial charge in [0.15, 0.2) is 9.84 Å². The zero-order valence-corrected chi connectivity index (χ0v) is 18.7. The van der Waals surface area contributed by atoms with E-state index in [9.17, 15) is 13.2 Å². The smallest absolute Gasteiger partial charge is 0.276 e. The first-order valence-corrected chi connectivity index (χ1v) is 12.2. The molecule has 0 atom stereocenters. The number of fused-ring (bicyclic) bond motifs is 1. The molecule has 0 aliphatic carbocycles. The van der Waals surface area contributed by atoms with Crippen LogP contribution in [-0.2, 0) is 19.5 Å². The van der Waals surface area contributed by atoms with E-state index < -0.39 is 9.84 Å². The van der Waals surface area contributed by atoms with Crippen LogP contribution in [-0.4, -0.2) is 56.4 Å². The topological polar surface area (TPSA) is 88.4 Å². The van der Waals surface area contributed by atoms with Crippen molar-refractivity contribution in [2.75, 3.05) is 25.2 Å². The molecule has 3 rings (SSSR count). The Bertz CT molecular complexity index is 1030. The molecule has 29 heavy (non-hydrogen) atoms. The highest BCUT2D eigenvalue weighted by molar-refractivity contribution is 8.08. The summed E-state index contributed by atoms with van der Waals surface area (Å²) in [6.45, 7) is 6.32. The van der Waals surface area contributed by atoms with Gasteiger partial charge in [-0.05, 0) is 43.2 Å². The van der Waals surface area contributed by atoms with Crippen LogP contribution in [0.5, 0.6) is 0 Å². The van der Waals surface area contributed by atoms with Gasteiger partial charge in [-0.2, -0.15) is 5.10 Å². The number of rotatable bonds is 6. The molecule has 9 heteroatoms. The first-order chi connectivity index (χ1) is 13.9. The quantitative estimate of drug-likeness (QED) is 0.506. The molecule has 0 aromatic heterocycles. The largest absolute Gasteiger partial charge is 0.399 e. The number of likely N-dealkylation sites (N-methyl/N-ethyl adjacent to an activating group) is 1. The van der Waals surface area contributed by atoms with Crippen molar-refractivity contribution in [3.63, 3.8) is 0 Å². The Hall–Kier alpha value is -2.13. The minimum absolute atomic E-state index is 0.0100. The zero-order valence-electron chi connectivity index (χ0n) is 17.1. The van der Waals surface area contributed by atoms with Gasteiger partial charge in [0.05, 0.1) is 28.1 Å². The van der Waals surface area contributed by atoms with Crippen LogP contribution in [0.15, 0.2) is 32.9 Å². The summed E-state index contributed by atoms with van der Waals surface area (Å²) in [4.78, 5) is 18.8. The Balaban J connectivity index is 2.24. The van der Waals surface area contributed by atoms with E-state index >= 15 is 0 Å². The van der Waals surface area contributed by atoms with E-state index in [0.29, 0.717) is 29.8 Å². The van der Waals surface area contributed by atoms with E-state index in [1.807, 2.05) is 13.8 Å². The fourth-order valence-corrected chi connectivity index (χ4v) is 6.10. The molecule has 1 aromatic rings. The third kappa shape index (κ3) is 3.98. The summed E-state index contributed by atoms with van der Waals surface area (Å²) in [5.74, 6) is 0.706. The Morgan fingerprint density at radius 1 is 1.34 bits per heavy atom. The maximum absolute atomic E-state index is 12.8. The van der Waals surface area contributed by atoms with Gasteiger partial charge < -0.3 is 4.84 Å². The highest BCUT2D eigenvalue weighted by atomic mass is 32.2. The number of hydrazone groups is 1. The van der Waals surface area contributed by atoms with Gasteiger partial charge in [0.1, 0.15) is 7.11 Å². The maximum atomic E-state index is 12.8. The number of hydrogen-bond donors (Lipinski definition) is 0. The molecule has 2 heterocycles. The molecule has 0 bridgehead atoms. The molecule has 0 radical (unpaired) electrons. The van der Waals surface area contributed by atoms with Gasteiger partial charge in [-0.25, -0.2) is 13.4 Å². The highest BCUT2D eigenvalue weighted by Gasteiger charge is 2.32. The third-order valence-electron chi connectivity index (χ3n) is 4.89. The van der Waals surface area contributed by atoms with E-state index in [-0.39, 0.29) is 16.6 Å². The molecule has 0 fully saturated rings. The average molecular weight is 436 g/mol. The van der Waals surface area contributed by atoms with Crippen LogP contribution in [0.4, 0.5) is 0 Å². The predicted molar refractivity (Wildman–Crippen MR) is 117 cm³/mol. The van der Waals surface area contributed by atoms with Gasteiger partial charge in [0.25, 0.3) is 5.91 Å². The normalized spacial score (nSPS) is 20.9. The standard InChI is InChI=1S/C20H25N3O4S2/c1-5-10-28-19(15-12-21-23(6-2)20(15)24)14-7-8-17-18(13(14)3)16(22-27-4)9-11-29(17,25)26/h7-8,12H,5-6,9-11H2,1-4H3/b19-15+,22-16+. The first kappa shape index (κ1) is 21.6. The summed E-state index contributed by atoms with van der Waals surface area (Å²) in [7, 11) is -1.93. The lowest BCUT2D eigenvalue weighted by Crippen LogP contribution is -2.24. The molecular weight excluding hydrogens is 410 g/mol. The number of hydrogen-bond acceptors (Lipinski definition) is 7. The van der Waals surface area contributed by atoms with Gasteiger partial charge in [-0.1, -0.05) is 18.1 Å². The molecule has 2 aliphatic rings. The van der Waals surface area contributed by atoms with Crippen LogP contribution in [0.2, 0.25) is 0 Å². The Kier molecular flexibility index (Phi) is 6.48. The summed E-state index contributed by atoms with van der Waals surface area (Å²) in [5, 5.41) is 9.71. The molecule has 156 valence electrons. The number of benzene rings is 1. The van der Waals surface area contributed by atoms with Gasteiger partial charge in [0, 0.05) is 23.4 Å². The predicted octanol–water partition coefficient (Wildman–Crippen LogP) is 3.23. The van der Waals surface area contributed by atoms with E-state index in [1.165, 1.54) is 12.1 Å². The fraction of sp³-hybridized carbons (Fsp3) is 0.450. The fourth-order valence-electron chi connectivity index (χ4n) is 3.48. The highest BCUT2D eigenvalue weighted by Crippen LogP contribution is 2.39. The van der Waals surface area contributed by atoms with Crippen molar-refractivity contribution in [3.8, 4) is 0 Å². The van der Waals surface area contributed by atoms with Gasteiger partial charge in [-0.15, -0.1) is 11.8 Å². The lowest BCUT2D eigenvalue weighted by molar-refractivity contribution is -0.125. The van der Waals surface area contributed by atoms with Crippen molar-refractivity contribution in [2.45, 2.75) is 38.5 Å². The van der Waals surface area contributed by atoms with E-state index in [1.54, 1.807) is 30.1 Å². The Morgan fingerprint density at radius 2 is 2.10 bits per heavy atom. The van der Waals surface area contributed by atoms with Crippen LogP contribution in [0.1, 0.15) is 43.4 Å².